The minimum atomic E-state index is -0.433. The van der Waals surface area contributed by atoms with Gasteiger partial charge in [-0.25, -0.2) is 4.98 Å². The first-order chi connectivity index (χ1) is 17.1. The second-order valence-corrected chi connectivity index (χ2v) is 9.30. The topological polar surface area (TPSA) is 76.2 Å². The predicted octanol–water partition coefficient (Wildman–Crippen LogP) is 5.90. The van der Waals surface area contributed by atoms with Crippen LogP contribution in [0, 0.1) is 6.92 Å². The van der Waals surface area contributed by atoms with E-state index in [0.717, 1.165) is 48.2 Å². The van der Waals surface area contributed by atoms with Crippen LogP contribution in [0.3, 0.4) is 0 Å². The van der Waals surface area contributed by atoms with Gasteiger partial charge in [0.1, 0.15) is 11.5 Å². The number of nitrogens with one attached hydrogen (secondary N) is 2. The molecular weight excluding hydrogens is 438 g/mol. The van der Waals surface area contributed by atoms with E-state index in [2.05, 4.69) is 35.4 Å². The Morgan fingerprint density at radius 1 is 1.03 bits per heavy atom. The van der Waals surface area contributed by atoms with Gasteiger partial charge in [0, 0.05) is 28.9 Å². The monoisotopic (exact) mass is 469 g/mol. The first-order valence-electron chi connectivity index (χ1n) is 12.2. The maximum absolute atomic E-state index is 13.0. The molecular formula is C29H31N3O3. The number of para-hydroxylation sites is 1. The highest BCUT2D eigenvalue weighted by Gasteiger charge is 2.37. The molecule has 0 saturated heterocycles. The van der Waals surface area contributed by atoms with Gasteiger partial charge in [0.2, 0.25) is 0 Å². The molecule has 6 heteroatoms. The molecule has 180 valence electrons. The number of methoxy groups -OCH3 is 1. The fraction of sp³-hybridized carbons (Fsp3) is 0.310. The number of ether oxygens (including phenoxy) is 2. The molecule has 35 heavy (non-hydrogen) atoms. The molecule has 0 spiro atoms. The number of carbonyl (C=O) groups is 1. The quantitative estimate of drug-likeness (QED) is 0.353. The van der Waals surface area contributed by atoms with Crippen molar-refractivity contribution in [2.45, 2.75) is 44.6 Å². The summed E-state index contributed by atoms with van der Waals surface area (Å²) in [5.41, 5.74) is 4.74. The molecule has 4 aromatic rings. The Bertz CT molecular complexity index is 1340. The zero-order valence-corrected chi connectivity index (χ0v) is 20.3. The summed E-state index contributed by atoms with van der Waals surface area (Å²) in [6, 6.07) is 19.8. The van der Waals surface area contributed by atoms with Gasteiger partial charge in [-0.05, 0) is 55.7 Å². The summed E-state index contributed by atoms with van der Waals surface area (Å²) in [5, 5.41) is 4.47. The zero-order chi connectivity index (χ0) is 24.3. The first-order valence-corrected chi connectivity index (χ1v) is 12.2. The number of aromatic amines is 1. The molecule has 1 aliphatic rings. The van der Waals surface area contributed by atoms with Crippen molar-refractivity contribution in [1.29, 1.82) is 0 Å². The van der Waals surface area contributed by atoms with E-state index in [9.17, 15) is 4.79 Å². The highest BCUT2D eigenvalue weighted by atomic mass is 16.5. The van der Waals surface area contributed by atoms with E-state index in [1.54, 1.807) is 13.2 Å². The molecule has 0 atom stereocenters. The van der Waals surface area contributed by atoms with Gasteiger partial charge in [0.05, 0.1) is 23.9 Å². The first kappa shape index (κ1) is 23.0. The molecule has 0 radical (unpaired) electrons. The van der Waals surface area contributed by atoms with Gasteiger partial charge >= 0.3 is 0 Å². The van der Waals surface area contributed by atoms with Crippen LogP contribution in [0.1, 0.15) is 43.4 Å². The van der Waals surface area contributed by atoms with Crippen LogP contribution in [0.25, 0.3) is 22.2 Å². The summed E-state index contributed by atoms with van der Waals surface area (Å²) >= 11 is 0. The number of amides is 1. The summed E-state index contributed by atoms with van der Waals surface area (Å²) in [6.45, 7) is 2.07. The van der Waals surface area contributed by atoms with Crippen molar-refractivity contribution in [3.63, 3.8) is 0 Å². The van der Waals surface area contributed by atoms with Crippen LogP contribution in [0.5, 0.6) is 11.5 Å². The standard InChI is InChI=1S/C29H31N3O3/c1-20-15-26(31-25-12-5-4-11-24(20)25)21-16-27(30-18-21)29(13-6-3-7-14-29)32-28(33)19-35-23-10-8-9-22(17-23)34-2/h4-5,8-12,15-18,30H,3,6-7,13-14,19H2,1-2H3,(H,32,33). The van der Waals surface area contributed by atoms with E-state index >= 15 is 0 Å². The van der Waals surface area contributed by atoms with E-state index in [-0.39, 0.29) is 12.5 Å². The number of aromatic nitrogens is 2. The Kier molecular flexibility index (Phi) is 6.45. The molecule has 2 heterocycles. The largest absolute Gasteiger partial charge is 0.497 e. The van der Waals surface area contributed by atoms with Crippen LogP contribution in [0.4, 0.5) is 0 Å². The van der Waals surface area contributed by atoms with E-state index < -0.39 is 5.54 Å². The Balaban J connectivity index is 1.36. The Hall–Kier alpha value is -3.80. The number of nitrogens with zero attached hydrogens (tertiary/aromatic N) is 1. The van der Waals surface area contributed by atoms with Crippen LogP contribution in [-0.4, -0.2) is 29.6 Å². The van der Waals surface area contributed by atoms with Crippen LogP contribution in [-0.2, 0) is 10.3 Å². The van der Waals surface area contributed by atoms with E-state index in [1.165, 1.54) is 17.4 Å². The third-order valence-electron chi connectivity index (χ3n) is 6.91. The average Bonchev–Trinajstić information content (AvgIpc) is 3.40. The van der Waals surface area contributed by atoms with Crippen LogP contribution >= 0.6 is 0 Å². The molecule has 0 bridgehead atoms. The van der Waals surface area contributed by atoms with Gasteiger partial charge in [-0.15, -0.1) is 0 Å². The molecule has 1 fully saturated rings. The van der Waals surface area contributed by atoms with E-state index in [4.69, 9.17) is 14.5 Å². The summed E-state index contributed by atoms with van der Waals surface area (Å²) < 4.78 is 11.0. The van der Waals surface area contributed by atoms with Gasteiger partial charge in [-0.2, -0.15) is 0 Å². The van der Waals surface area contributed by atoms with Crippen LogP contribution in [0.2, 0.25) is 0 Å². The van der Waals surface area contributed by atoms with Crippen molar-refractivity contribution in [2.24, 2.45) is 0 Å². The number of H-pyrrole nitrogens is 1. The number of carbonyl (C=O) groups excluding carboxylic acids is 1. The minimum absolute atomic E-state index is 0.0477. The Morgan fingerprint density at radius 2 is 1.83 bits per heavy atom. The number of fused-ring (bicyclic) bond motifs is 1. The molecule has 2 N–H and O–H groups in total. The number of hydrogen-bond acceptors (Lipinski definition) is 4. The number of benzene rings is 2. The Morgan fingerprint density at radius 3 is 2.66 bits per heavy atom. The summed E-state index contributed by atoms with van der Waals surface area (Å²) in [5.74, 6) is 1.17. The molecule has 6 nitrogen and oxygen atoms in total. The van der Waals surface area contributed by atoms with Gasteiger partial charge < -0.3 is 19.8 Å². The van der Waals surface area contributed by atoms with Crippen molar-refractivity contribution in [1.82, 2.24) is 15.3 Å². The summed E-state index contributed by atoms with van der Waals surface area (Å²) in [7, 11) is 1.61. The number of rotatable bonds is 7. The lowest BCUT2D eigenvalue weighted by Gasteiger charge is -2.37. The lowest BCUT2D eigenvalue weighted by atomic mass is 9.79. The second kappa shape index (κ2) is 9.82. The van der Waals surface area contributed by atoms with Crippen molar-refractivity contribution in [2.75, 3.05) is 13.7 Å². The van der Waals surface area contributed by atoms with Crippen LogP contribution < -0.4 is 14.8 Å². The molecule has 1 aliphatic carbocycles. The SMILES string of the molecule is COc1cccc(OCC(=O)NC2(c3cc(-c4cc(C)c5ccccc5n4)c[nH]3)CCCCC2)c1. The average molecular weight is 470 g/mol. The minimum Gasteiger partial charge on any atom is -0.497 e. The van der Waals surface area contributed by atoms with E-state index in [0.29, 0.717) is 11.5 Å². The van der Waals surface area contributed by atoms with Gasteiger partial charge in [0.25, 0.3) is 5.91 Å². The summed E-state index contributed by atoms with van der Waals surface area (Å²) in [4.78, 5) is 21.3. The predicted molar refractivity (Wildman–Crippen MR) is 138 cm³/mol. The maximum Gasteiger partial charge on any atom is 0.258 e. The number of hydrogen-bond donors (Lipinski definition) is 2. The van der Waals surface area contributed by atoms with E-state index in [1.807, 2.05) is 42.6 Å². The molecule has 0 unspecified atom stereocenters. The van der Waals surface area contributed by atoms with Crippen molar-refractivity contribution < 1.29 is 14.3 Å². The highest BCUT2D eigenvalue weighted by Crippen LogP contribution is 2.38. The maximum atomic E-state index is 13.0. The van der Waals surface area contributed by atoms with Crippen molar-refractivity contribution in [3.05, 3.63) is 78.1 Å². The third kappa shape index (κ3) is 4.87. The van der Waals surface area contributed by atoms with Crippen LogP contribution in [0.15, 0.2) is 66.9 Å². The molecule has 2 aromatic heterocycles. The third-order valence-corrected chi connectivity index (χ3v) is 6.91. The van der Waals surface area contributed by atoms with Gasteiger partial charge in [-0.3, -0.25) is 4.79 Å². The lowest BCUT2D eigenvalue weighted by molar-refractivity contribution is -0.125. The second-order valence-electron chi connectivity index (χ2n) is 9.30. The normalized spacial score (nSPS) is 15.0. The zero-order valence-electron chi connectivity index (χ0n) is 20.3. The molecule has 5 rings (SSSR count). The molecule has 0 aliphatic heterocycles. The molecule has 1 saturated carbocycles. The molecule has 1 amide bonds. The fourth-order valence-electron chi connectivity index (χ4n) is 5.08. The number of pyridine rings is 1. The van der Waals surface area contributed by atoms with Gasteiger partial charge in [0.15, 0.2) is 6.61 Å². The highest BCUT2D eigenvalue weighted by molar-refractivity contribution is 5.85. The summed E-state index contributed by atoms with van der Waals surface area (Å²) in [6.07, 6.45) is 7.10. The van der Waals surface area contributed by atoms with Crippen molar-refractivity contribution in [3.8, 4) is 22.8 Å². The van der Waals surface area contributed by atoms with Crippen molar-refractivity contribution >= 4 is 16.8 Å². The Labute approximate surface area is 205 Å². The smallest absolute Gasteiger partial charge is 0.258 e. The number of aryl methyl sites for hydroxylation is 1. The lowest BCUT2D eigenvalue weighted by Crippen LogP contribution is -2.49. The van der Waals surface area contributed by atoms with Gasteiger partial charge in [-0.1, -0.05) is 43.5 Å². The molecule has 2 aromatic carbocycles. The fourth-order valence-corrected chi connectivity index (χ4v) is 5.08.